The lowest BCUT2D eigenvalue weighted by molar-refractivity contribution is -0.146. The Hall–Kier alpha value is -3.47. The molecule has 1 fully saturated rings. The highest BCUT2D eigenvalue weighted by atomic mass is 35.5. The number of halogens is 3. The molecule has 2 N–H and O–H groups in total. The molecule has 1 heterocycles. The molecule has 2 aliphatic rings. The molecule has 2 aromatic rings. The van der Waals surface area contributed by atoms with E-state index in [-0.39, 0.29) is 35.9 Å². The van der Waals surface area contributed by atoms with Crippen molar-refractivity contribution in [2.75, 3.05) is 20.3 Å². The normalized spacial score (nSPS) is 18.0. The molecule has 1 aliphatic heterocycles. The van der Waals surface area contributed by atoms with Crippen molar-refractivity contribution in [3.63, 3.8) is 0 Å². The number of ether oxygens (including phenoxy) is 3. The van der Waals surface area contributed by atoms with Crippen LogP contribution in [-0.4, -0.2) is 60.2 Å². The van der Waals surface area contributed by atoms with E-state index in [9.17, 15) is 23.5 Å². The molecule has 222 valence electrons. The molecule has 0 radical (unpaired) electrons. The van der Waals surface area contributed by atoms with E-state index in [0.717, 1.165) is 16.7 Å². The van der Waals surface area contributed by atoms with Crippen molar-refractivity contribution >= 4 is 29.2 Å². The molecular formula is C30H35ClF2N2O6. The number of urea groups is 1. The number of likely N-dealkylation sites (N-methyl/N-ethyl adjacent to an activating group) is 1. The maximum Gasteiger partial charge on any atom is 0.317 e. The number of nitrogens with zero attached hydrogens (tertiary/aromatic N) is 1. The van der Waals surface area contributed by atoms with E-state index < -0.39 is 29.6 Å². The number of carbonyl (C=O) groups excluding carboxylic acids is 2. The molecule has 2 atom stereocenters. The predicted octanol–water partition coefficient (Wildman–Crippen LogP) is 6.15. The smallest absolute Gasteiger partial charge is 0.317 e. The van der Waals surface area contributed by atoms with E-state index in [1.54, 1.807) is 25.2 Å². The third kappa shape index (κ3) is 9.01. The SMILES string of the molecule is CC(=O)OCC(C[C@@H]1COC(C)(C)O1)N(C)C(=O)NCc1cccc(F)c1Cl.CC1=C(O)C(c2cccc(F)c2)=C1. The van der Waals surface area contributed by atoms with Gasteiger partial charge in [0.15, 0.2) is 5.79 Å². The predicted molar refractivity (Wildman–Crippen MR) is 151 cm³/mol. The first kappa shape index (κ1) is 32.0. The van der Waals surface area contributed by atoms with Crippen LogP contribution < -0.4 is 5.32 Å². The summed E-state index contributed by atoms with van der Waals surface area (Å²) in [5.74, 6) is -1.68. The summed E-state index contributed by atoms with van der Waals surface area (Å²) in [5, 5.41) is 12.1. The number of rotatable bonds is 8. The topological polar surface area (TPSA) is 97.3 Å². The fourth-order valence-corrected chi connectivity index (χ4v) is 4.44. The number of aliphatic hydroxyl groups excluding tert-OH is 1. The number of amides is 2. The molecule has 1 saturated heterocycles. The van der Waals surface area contributed by atoms with Gasteiger partial charge in [-0.2, -0.15) is 0 Å². The number of aliphatic hydroxyl groups is 1. The monoisotopic (exact) mass is 592 g/mol. The quantitative estimate of drug-likeness (QED) is 0.357. The second-order valence-electron chi connectivity index (χ2n) is 10.2. The molecule has 8 nitrogen and oxygen atoms in total. The van der Waals surface area contributed by atoms with Crippen LogP contribution in [0.15, 0.2) is 59.9 Å². The summed E-state index contributed by atoms with van der Waals surface area (Å²) in [7, 11) is 1.59. The second kappa shape index (κ2) is 13.9. The van der Waals surface area contributed by atoms with Crippen molar-refractivity contribution in [2.45, 2.75) is 58.6 Å². The minimum atomic E-state index is -0.689. The molecule has 1 unspecified atom stereocenters. The maximum absolute atomic E-state index is 13.5. The van der Waals surface area contributed by atoms with Gasteiger partial charge in [-0.25, -0.2) is 13.6 Å². The summed E-state index contributed by atoms with van der Waals surface area (Å²) in [6.07, 6.45) is 2.04. The Morgan fingerprint density at radius 3 is 2.54 bits per heavy atom. The number of nitrogens with one attached hydrogen (secondary N) is 1. The van der Waals surface area contributed by atoms with Crippen LogP contribution in [0, 0.1) is 11.6 Å². The highest BCUT2D eigenvalue weighted by Gasteiger charge is 2.35. The summed E-state index contributed by atoms with van der Waals surface area (Å²) in [6.45, 7) is 7.23. The van der Waals surface area contributed by atoms with Gasteiger partial charge in [0.2, 0.25) is 0 Å². The Balaban J connectivity index is 0.000000294. The van der Waals surface area contributed by atoms with E-state index in [0.29, 0.717) is 18.6 Å². The van der Waals surface area contributed by atoms with Crippen LogP contribution in [0.3, 0.4) is 0 Å². The van der Waals surface area contributed by atoms with E-state index in [4.69, 9.17) is 25.8 Å². The molecule has 0 spiro atoms. The van der Waals surface area contributed by atoms with Gasteiger partial charge in [0.25, 0.3) is 0 Å². The number of hydrogen-bond acceptors (Lipinski definition) is 6. The highest BCUT2D eigenvalue weighted by molar-refractivity contribution is 6.31. The Bertz CT molecular complexity index is 1330. The summed E-state index contributed by atoms with van der Waals surface area (Å²) < 4.78 is 42.8. The van der Waals surface area contributed by atoms with Crippen LogP contribution in [0.25, 0.3) is 5.57 Å². The van der Waals surface area contributed by atoms with Gasteiger partial charge in [0.1, 0.15) is 24.0 Å². The van der Waals surface area contributed by atoms with Crippen molar-refractivity contribution in [1.29, 1.82) is 0 Å². The molecule has 2 aromatic carbocycles. The Labute approximate surface area is 243 Å². The molecule has 0 aromatic heterocycles. The molecule has 4 rings (SSSR count). The zero-order valence-electron chi connectivity index (χ0n) is 23.7. The maximum atomic E-state index is 13.5. The lowest BCUT2D eigenvalue weighted by Gasteiger charge is -2.30. The minimum absolute atomic E-state index is 0.0272. The first-order chi connectivity index (χ1) is 19.3. The largest absolute Gasteiger partial charge is 0.507 e. The van der Waals surface area contributed by atoms with Gasteiger partial charge in [-0.1, -0.05) is 35.9 Å². The van der Waals surface area contributed by atoms with Crippen molar-refractivity contribution in [1.82, 2.24) is 10.2 Å². The average molecular weight is 593 g/mol. The zero-order chi connectivity index (χ0) is 30.3. The van der Waals surface area contributed by atoms with Crippen LogP contribution in [0.5, 0.6) is 0 Å². The van der Waals surface area contributed by atoms with Crippen LogP contribution in [-0.2, 0) is 25.5 Å². The minimum Gasteiger partial charge on any atom is -0.507 e. The van der Waals surface area contributed by atoms with Crippen LogP contribution in [0.2, 0.25) is 5.02 Å². The Morgan fingerprint density at radius 2 is 1.95 bits per heavy atom. The number of benzene rings is 2. The van der Waals surface area contributed by atoms with Gasteiger partial charge >= 0.3 is 12.0 Å². The van der Waals surface area contributed by atoms with Gasteiger partial charge < -0.3 is 29.5 Å². The van der Waals surface area contributed by atoms with E-state index in [1.165, 1.54) is 36.1 Å². The Morgan fingerprint density at radius 1 is 1.24 bits per heavy atom. The van der Waals surface area contributed by atoms with Gasteiger partial charge in [0, 0.05) is 26.1 Å². The number of allylic oxidation sites excluding steroid dienone is 3. The van der Waals surface area contributed by atoms with Crippen LogP contribution >= 0.6 is 11.6 Å². The fraction of sp³-hybridized carbons (Fsp3) is 0.400. The number of carbonyl (C=O) groups is 2. The average Bonchev–Trinajstić information content (AvgIpc) is 3.27. The van der Waals surface area contributed by atoms with Crippen molar-refractivity contribution in [3.05, 3.63) is 87.7 Å². The summed E-state index contributed by atoms with van der Waals surface area (Å²) in [5.41, 5.74) is 2.76. The van der Waals surface area contributed by atoms with Crippen LogP contribution in [0.4, 0.5) is 13.6 Å². The molecular weight excluding hydrogens is 558 g/mol. The molecule has 11 heteroatoms. The van der Waals surface area contributed by atoms with Gasteiger partial charge in [-0.3, -0.25) is 4.79 Å². The summed E-state index contributed by atoms with van der Waals surface area (Å²) >= 11 is 5.92. The van der Waals surface area contributed by atoms with Crippen LogP contribution in [0.1, 0.15) is 45.2 Å². The molecule has 41 heavy (non-hydrogen) atoms. The lowest BCUT2D eigenvalue weighted by atomic mass is 9.91. The standard InChI is InChI=1S/C19H26ClFN2O5.C11H9FO/c1-12(24)26-10-14(8-15-11-27-19(2,3)28-15)23(4)18(25)22-9-13-6-5-7-16(21)17(13)20;1-7-5-10(11(7)13)8-3-2-4-9(12)6-8/h5-7,14-15H,8-11H2,1-4H3,(H,22,25);2-6,13H,1H3/t14?,15-;/m1./s1. The fourth-order valence-electron chi connectivity index (χ4n) is 4.24. The highest BCUT2D eigenvalue weighted by Crippen LogP contribution is 2.33. The van der Waals surface area contributed by atoms with Crippen molar-refractivity contribution in [2.24, 2.45) is 0 Å². The first-order valence-corrected chi connectivity index (χ1v) is 13.4. The van der Waals surface area contributed by atoms with Crippen molar-refractivity contribution < 1.29 is 37.7 Å². The molecule has 0 bridgehead atoms. The number of esters is 1. The van der Waals surface area contributed by atoms with E-state index >= 15 is 0 Å². The first-order valence-electron chi connectivity index (χ1n) is 13.0. The van der Waals surface area contributed by atoms with E-state index in [1.807, 2.05) is 26.8 Å². The lowest BCUT2D eigenvalue weighted by Crippen LogP contribution is -2.47. The zero-order valence-corrected chi connectivity index (χ0v) is 24.4. The van der Waals surface area contributed by atoms with Crippen molar-refractivity contribution in [3.8, 4) is 0 Å². The molecule has 2 amide bonds. The second-order valence-corrected chi connectivity index (χ2v) is 10.6. The third-order valence-electron chi connectivity index (χ3n) is 6.54. The Kier molecular flexibility index (Phi) is 10.9. The summed E-state index contributed by atoms with van der Waals surface area (Å²) in [6, 6.07) is 9.78. The van der Waals surface area contributed by atoms with Gasteiger partial charge in [-0.15, -0.1) is 0 Å². The molecule has 1 aliphatic carbocycles. The van der Waals surface area contributed by atoms with E-state index in [2.05, 4.69) is 5.32 Å². The third-order valence-corrected chi connectivity index (χ3v) is 6.96. The number of hydrogen-bond donors (Lipinski definition) is 2. The van der Waals surface area contributed by atoms with Gasteiger partial charge in [-0.05, 0) is 68.2 Å². The van der Waals surface area contributed by atoms with Gasteiger partial charge in [0.05, 0.1) is 23.8 Å². The summed E-state index contributed by atoms with van der Waals surface area (Å²) in [4.78, 5) is 25.2. The molecule has 0 saturated carbocycles.